The van der Waals surface area contributed by atoms with Crippen molar-refractivity contribution >= 4 is 11.3 Å². The molecule has 0 amide bonds. The standard InChI is InChI=1S/C17H23NO2S/c1-5-18-17(16-10-15(19-4)11-21-16)13-6-8-14(9-7-13)20-12(2)3/h6-12,17-18H,5H2,1-4H3. The number of thiophene rings is 1. The molecule has 0 saturated heterocycles. The van der Waals surface area contributed by atoms with Gasteiger partial charge in [-0.25, -0.2) is 0 Å². The van der Waals surface area contributed by atoms with Gasteiger partial charge in [-0.15, -0.1) is 11.3 Å². The van der Waals surface area contributed by atoms with E-state index >= 15 is 0 Å². The van der Waals surface area contributed by atoms with Crippen molar-refractivity contribution in [1.29, 1.82) is 0 Å². The highest BCUT2D eigenvalue weighted by Gasteiger charge is 2.15. The van der Waals surface area contributed by atoms with Crippen LogP contribution in [-0.4, -0.2) is 19.8 Å². The summed E-state index contributed by atoms with van der Waals surface area (Å²) in [5.74, 6) is 1.82. The molecule has 0 fully saturated rings. The minimum absolute atomic E-state index is 0.192. The average Bonchev–Trinajstić information content (AvgIpc) is 2.94. The molecule has 0 radical (unpaired) electrons. The lowest BCUT2D eigenvalue weighted by Gasteiger charge is -2.18. The number of hydrogen-bond acceptors (Lipinski definition) is 4. The first-order chi connectivity index (χ1) is 10.1. The quantitative estimate of drug-likeness (QED) is 0.830. The normalized spacial score (nSPS) is 12.4. The first-order valence-electron chi connectivity index (χ1n) is 7.26. The van der Waals surface area contributed by atoms with Gasteiger partial charge in [-0.2, -0.15) is 0 Å². The van der Waals surface area contributed by atoms with Crippen LogP contribution in [0, 0.1) is 0 Å². The van der Waals surface area contributed by atoms with Crippen LogP contribution in [0.25, 0.3) is 0 Å². The molecule has 1 aromatic heterocycles. The van der Waals surface area contributed by atoms with Crippen molar-refractivity contribution in [2.75, 3.05) is 13.7 Å². The summed E-state index contributed by atoms with van der Waals surface area (Å²) in [4.78, 5) is 1.26. The molecular weight excluding hydrogens is 282 g/mol. The molecule has 1 heterocycles. The van der Waals surface area contributed by atoms with Gasteiger partial charge in [0.25, 0.3) is 0 Å². The fraction of sp³-hybridized carbons (Fsp3) is 0.412. The zero-order valence-electron chi connectivity index (χ0n) is 13.1. The van der Waals surface area contributed by atoms with Crippen molar-refractivity contribution in [3.8, 4) is 11.5 Å². The Bertz CT molecular complexity index is 548. The second-order valence-corrected chi connectivity index (χ2v) is 6.06. The molecule has 1 unspecified atom stereocenters. The van der Waals surface area contributed by atoms with E-state index < -0.39 is 0 Å². The van der Waals surface area contributed by atoms with E-state index in [2.05, 4.69) is 30.4 Å². The van der Waals surface area contributed by atoms with Gasteiger partial charge in [-0.05, 0) is 44.2 Å². The summed E-state index contributed by atoms with van der Waals surface area (Å²) in [5, 5.41) is 5.56. The Balaban J connectivity index is 2.21. The summed E-state index contributed by atoms with van der Waals surface area (Å²) < 4.78 is 11.0. The molecule has 4 heteroatoms. The maximum Gasteiger partial charge on any atom is 0.129 e. The highest BCUT2D eigenvalue weighted by atomic mass is 32.1. The Morgan fingerprint density at radius 2 is 1.86 bits per heavy atom. The van der Waals surface area contributed by atoms with Gasteiger partial charge in [0.1, 0.15) is 11.5 Å². The van der Waals surface area contributed by atoms with Gasteiger partial charge in [-0.3, -0.25) is 0 Å². The highest BCUT2D eigenvalue weighted by molar-refractivity contribution is 7.10. The van der Waals surface area contributed by atoms with Crippen LogP contribution in [0.15, 0.2) is 35.7 Å². The lowest BCUT2D eigenvalue weighted by atomic mass is 10.1. The van der Waals surface area contributed by atoms with Crippen LogP contribution < -0.4 is 14.8 Å². The summed E-state index contributed by atoms with van der Waals surface area (Å²) in [7, 11) is 1.70. The van der Waals surface area contributed by atoms with Gasteiger partial charge in [0.15, 0.2) is 0 Å². The predicted molar refractivity (Wildman–Crippen MR) is 88.6 cm³/mol. The zero-order valence-corrected chi connectivity index (χ0v) is 13.9. The zero-order chi connectivity index (χ0) is 15.2. The topological polar surface area (TPSA) is 30.5 Å². The molecule has 0 saturated carbocycles. The summed E-state index contributed by atoms with van der Waals surface area (Å²) >= 11 is 1.71. The molecule has 1 aromatic carbocycles. The maximum atomic E-state index is 5.70. The lowest BCUT2D eigenvalue weighted by molar-refractivity contribution is 0.242. The van der Waals surface area contributed by atoms with Crippen molar-refractivity contribution in [2.24, 2.45) is 0 Å². The van der Waals surface area contributed by atoms with Gasteiger partial charge < -0.3 is 14.8 Å². The molecule has 2 rings (SSSR count). The summed E-state index contributed by atoms with van der Waals surface area (Å²) in [6, 6.07) is 10.6. The molecule has 0 aliphatic carbocycles. The fourth-order valence-electron chi connectivity index (χ4n) is 2.19. The Kier molecular flexibility index (Phi) is 5.65. The molecule has 0 aliphatic rings. The third-order valence-corrected chi connectivity index (χ3v) is 4.09. The fourth-order valence-corrected chi connectivity index (χ4v) is 3.15. The van der Waals surface area contributed by atoms with E-state index in [9.17, 15) is 0 Å². The van der Waals surface area contributed by atoms with Crippen molar-refractivity contribution in [3.63, 3.8) is 0 Å². The van der Waals surface area contributed by atoms with Crippen LogP contribution in [-0.2, 0) is 0 Å². The van der Waals surface area contributed by atoms with Gasteiger partial charge in [0, 0.05) is 10.3 Å². The Hall–Kier alpha value is -1.52. The smallest absolute Gasteiger partial charge is 0.129 e. The van der Waals surface area contributed by atoms with Crippen LogP contribution in [0.3, 0.4) is 0 Å². The molecule has 0 bridgehead atoms. The van der Waals surface area contributed by atoms with Gasteiger partial charge in [0.05, 0.1) is 19.3 Å². The van der Waals surface area contributed by atoms with E-state index in [-0.39, 0.29) is 12.1 Å². The third-order valence-electron chi connectivity index (χ3n) is 3.11. The van der Waals surface area contributed by atoms with Crippen LogP contribution >= 0.6 is 11.3 Å². The summed E-state index contributed by atoms with van der Waals surface area (Å²) in [5.41, 5.74) is 1.23. The van der Waals surface area contributed by atoms with Gasteiger partial charge >= 0.3 is 0 Å². The minimum Gasteiger partial charge on any atom is -0.496 e. The number of benzene rings is 1. The van der Waals surface area contributed by atoms with Crippen molar-refractivity contribution in [1.82, 2.24) is 5.32 Å². The number of ether oxygens (including phenoxy) is 2. The van der Waals surface area contributed by atoms with E-state index in [0.29, 0.717) is 0 Å². The van der Waals surface area contributed by atoms with Crippen LogP contribution in [0.2, 0.25) is 0 Å². The van der Waals surface area contributed by atoms with E-state index in [1.165, 1.54) is 10.4 Å². The first kappa shape index (κ1) is 15.9. The SMILES string of the molecule is CCNC(c1ccc(OC(C)C)cc1)c1cc(OC)cs1. The molecule has 1 atom stereocenters. The van der Waals surface area contributed by atoms with E-state index in [4.69, 9.17) is 9.47 Å². The molecule has 3 nitrogen and oxygen atoms in total. The van der Waals surface area contributed by atoms with Crippen LogP contribution in [0.1, 0.15) is 37.3 Å². The summed E-state index contributed by atoms with van der Waals surface area (Å²) in [6.07, 6.45) is 0.196. The Morgan fingerprint density at radius 1 is 1.14 bits per heavy atom. The van der Waals surface area contributed by atoms with E-state index in [1.54, 1.807) is 18.4 Å². The van der Waals surface area contributed by atoms with Crippen molar-refractivity contribution in [3.05, 3.63) is 46.2 Å². The second-order valence-electron chi connectivity index (χ2n) is 5.12. The van der Waals surface area contributed by atoms with Crippen molar-refractivity contribution in [2.45, 2.75) is 32.9 Å². The minimum atomic E-state index is 0.192. The van der Waals surface area contributed by atoms with E-state index in [0.717, 1.165) is 18.0 Å². The van der Waals surface area contributed by atoms with E-state index in [1.807, 2.05) is 31.4 Å². The monoisotopic (exact) mass is 305 g/mol. The lowest BCUT2D eigenvalue weighted by Crippen LogP contribution is -2.21. The predicted octanol–water partition coefficient (Wildman–Crippen LogP) is 4.24. The Morgan fingerprint density at radius 3 is 2.38 bits per heavy atom. The largest absolute Gasteiger partial charge is 0.496 e. The molecule has 21 heavy (non-hydrogen) atoms. The van der Waals surface area contributed by atoms with Crippen LogP contribution in [0.5, 0.6) is 11.5 Å². The highest BCUT2D eigenvalue weighted by Crippen LogP contribution is 2.31. The average molecular weight is 305 g/mol. The molecular formula is C17H23NO2S. The number of nitrogens with one attached hydrogen (secondary N) is 1. The van der Waals surface area contributed by atoms with Crippen LogP contribution in [0.4, 0.5) is 0 Å². The molecule has 0 spiro atoms. The van der Waals surface area contributed by atoms with Gasteiger partial charge in [0.2, 0.25) is 0 Å². The Labute approximate surface area is 130 Å². The van der Waals surface area contributed by atoms with Gasteiger partial charge in [-0.1, -0.05) is 19.1 Å². The number of methoxy groups -OCH3 is 1. The third kappa shape index (κ3) is 4.22. The maximum absolute atomic E-state index is 5.70. The molecule has 0 aliphatic heterocycles. The summed E-state index contributed by atoms with van der Waals surface area (Å²) in [6.45, 7) is 7.10. The molecule has 2 aromatic rings. The molecule has 1 N–H and O–H groups in total. The first-order valence-corrected chi connectivity index (χ1v) is 8.14. The number of hydrogen-bond donors (Lipinski definition) is 1. The number of rotatable bonds is 7. The van der Waals surface area contributed by atoms with Crippen molar-refractivity contribution < 1.29 is 9.47 Å². The molecule has 114 valence electrons. The second kappa shape index (κ2) is 7.48.